The summed E-state index contributed by atoms with van der Waals surface area (Å²) in [4.78, 5) is 4.57. The first-order valence-corrected chi connectivity index (χ1v) is 35.7. The Balaban J connectivity index is 0.985. The van der Waals surface area contributed by atoms with Crippen molar-refractivity contribution in [3.63, 3.8) is 0 Å². The van der Waals surface area contributed by atoms with Gasteiger partial charge in [0.05, 0.1) is 82.9 Å². The Kier molecular flexibility index (Phi) is 9.77. The van der Waals surface area contributed by atoms with Crippen LogP contribution in [0.4, 0.5) is 34.1 Å². The minimum absolute atomic E-state index is 0.0741. The van der Waals surface area contributed by atoms with Crippen LogP contribution in [0.5, 0.6) is 0 Å². The fourth-order valence-electron chi connectivity index (χ4n) is 17.2. The lowest BCUT2D eigenvalue weighted by Crippen LogP contribution is -2.61. The number of fused-ring (bicyclic) bond motifs is 19. The first kappa shape index (κ1) is 46.5. The van der Waals surface area contributed by atoms with Gasteiger partial charge in [-0.15, -0.1) is 0 Å². The van der Waals surface area contributed by atoms with Crippen molar-refractivity contribution in [3.05, 3.63) is 326 Å². The van der Waals surface area contributed by atoms with E-state index in [1.807, 2.05) is 133 Å². The summed E-state index contributed by atoms with van der Waals surface area (Å²) in [7, 11) is 0. The molecule has 0 saturated heterocycles. The van der Waals surface area contributed by atoms with Crippen molar-refractivity contribution in [2.75, 3.05) is 9.80 Å². The molecular formula is C98H70BN5O2. The van der Waals surface area contributed by atoms with E-state index in [1.165, 1.54) is 0 Å². The van der Waals surface area contributed by atoms with E-state index in [4.69, 9.17) is 14.3 Å². The number of hydrogen-bond donors (Lipinski definition) is 0. The summed E-state index contributed by atoms with van der Waals surface area (Å²) in [6.45, 7) is 12.4. The standard InChI is InChI=1S/C98H70BN5O2/c1-97(2,3)61-41-49-82-74(53-61)75-54-62(98(4,5)6)42-50-83(75)102(82)65-57-86-94-87(58-65)104(96-67(60-27-11-8-12-28-60)46-52-91-93(96)73-34-18-24-40-89(73)106-91)85-56-64(101-80-37-21-15-31-70(80)71-32-16-22-38-81(71)101)44-48-77(85)99(94)76-47-43-63(100-78-35-19-13-29-68(78)69-30-14-20-36-79(69)100)55-84(76)103(86)95-66(59-25-9-7-10-26-59)45-51-90-92(95)72-33-17-23-39-88(72)105-90/h7-58H,1-6H3/i13D,14D,15D,16D,19D,20D,21D,22D,29D,30D,31D,32D,35D,36D,37D,38D. The van der Waals surface area contributed by atoms with Crippen molar-refractivity contribution >= 4 is 167 Å². The number of anilines is 6. The zero-order chi connectivity index (χ0) is 84.5. The van der Waals surface area contributed by atoms with Crippen LogP contribution < -0.4 is 26.2 Å². The van der Waals surface area contributed by atoms with Gasteiger partial charge in [-0.3, -0.25) is 0 Å². The molecule has 502 valence electrons. The highest BCUT2D eigenvalue weighted by Gasteiger charge is 2.46. The predicted octanol–water partition coefficient (Wildman–Crippen LogP) is 24.8. The molecule has 0 aliphatic carbocycles. The van der Waals surface area contributed by atoms with E-state index in [0.29, 0.717) is 73.1 Å². The van der Waals surface area contributed by atoms with E-state index < -0.39 is 103 Å². The number of rotatable bonds is 7. The van der Waals surface area contributed by atoms with Gasteiger partial charge >= 0.3 is 0 Å². The molecule has 5 aromatic heterocycles. The van der Waals surface area contributed by atoms with Crippen LogP contribution in [-0.2, 0) is 10.8 Å². The summed E-state index contributed by atoms with van der Waals surface area (Å²) in [6, 6.07) is 65.3. The molecule has 0 N–H and O–H groups in total. The third-order valence-corrected chi connectivity index (χ3v) is 22.0. The molecule has 15 aromatic carbocycles. The summed E-state index contributed by atoms with van der Waals surface area (Å²) >= 11 is 0. The zero-order valence-electron chi connectivity index (χ0n) is 74.4. The quantitative estimate of drug-likeness (QED) is 0.149. The Labute approximate surface area is 635 Å². The molecule has 0 unspecified atom stereocenters. The number of nitrogens with zero attached hydrogens (tertiary/aromatic N) is 5. The third kappa shape index (κ3) is 8.70. The molecule has 0 atom stereocenters. The molecule has 22 rings (SSSR count). The highest BCUT2D eigenvalue weighted by molar-refractivity contribution is 7.00. The molecule has 0 amide bonds. The van der Waals surface area contributed by atoms with E-state index in [-0.39, 0.29) is 65.8 Å². The second-order valence-corrected chi connectivity index (χ2v) is 30.0. The molecule has 7 nitrogen and oxygen atoms in total. The van der Waals surface area contributed by atoms with Gasteiger partial charge in [-0.2, -0.15) is 0 Å². The number of aromatic nitrogens is 3. The van der Waals surface area contributed by atoms with Gasteiger partial charge in [0.2, 0.25) is 0 Å². The molecule has 8 heteroatoms. The van der Waals surface area contributed by atoms with Crippen molar-refractivity contribution in [2.45, 2.75) is 52.4 Å². The summed E-state index contributed by atoms with van der Waals surface area (Å²) in [5.74, 6) is 0. The number of para-hydroxylation sites is 6. The zero-order valence-corrected chi connectivity index (χ0v) is 58.4. The van der Waals surface area contributed by atoms with Gasteiger partial charge in [0.1, 0.15) is 22.3 Å². The lowest BCUT2D eigenvalue weighted by atomic mass is 9.33. The van der Waals surface area contributed by atoms with Crippen LogP contribution in [-0.4, -0.2) is 20.4 Å². The summed E-state index contributed by atoms with van der Waals surface area (Å²) in [5.41, 5.74) is 15.9. The Morgan fingerprint density at radius 2 is 0.670 bits per heavy atom. The molecule has 0 bridgehead atoms. The van der Waals surface area contributed by atoms with Gasteiger partial charge in [-0.1, -0.05) is 235 Å². The smallest absolute Gasteiger partial charge is 0.252 e. The van der Waals surface area contributed by atoms with Gasteiger partial charge in [0, 0.05) is 88.3 Å². The Hall–Kier alpha value is -13.0. The average Bonchev–Trinajstić information content (AvgIpc) is 0.938. The largest absolute Gasteiger partial charge is 0.456 e. The second kappa shape index (κ2) is 22.2. The molecule has 106 heavy (non-hydrogen) atoms. The van der Waals surface area contributed by atoms with E-state index in [0.717, 1.165) is 82.2 Å². The molecule has 0 fully saturated rings. The molecule has 20 aromatic rings. The fourth-order valence-corrected chi connectivity index (χ4v) is 17.2. The Morgan fingerprint density at radius 1 is 0.302 bits per heavy atom. The number of benzene rings is 15. The molecule has 0 spiro atoms. The van der Waals surface area contributed by atoms with Gasteiger partial charge in [0.25, 0.3) is 6.71 Å². The van der Waals surface area contributed by atoms with E-state index in [2.05, 4.69) is 141 Å². The fraction of sp³-hybridized carbons (Fsp3) is 0.0816. The number of hydrogen-bond acceptors (Lipinski definition) is 4. The van der Waals surface area contributed by atoms with Crippen molar-refractivity contribution in [2.24, 2.45) is 0 Å². The van der Waals surface area contributed by atoms with Crippen molar-refractivity contribution in [1.82, 2.24) is 13.7 Å². The van der Waals surface area contributed by atoms with Crippen LogP contribution >= 0.6 is 0 Å². The second-order valence-electron chi connectivity index (χ2n) is 30.0. The summed E-state index contributed by atoms with van der Waals surface area (Å²) in [5, 5.41) is 4.68. The van der Waals surface area contributed by atoms with E-state index >= 15 is 0 Å². The first-order chi connectivity index (χ1) is 58.5. The highest BCUT2D eigenvalue weighted by atomic mass is 16.3. The SMILES string of the molecule is [2H]c1c([2H])c([2H])c2c(c1[2H])c1c([2H])c([2H])c([2H])c([2H])c1n2-c1ccc2c(c1)N(c1c(-c3ccccc3)ccc3oc4ccccc4c13)c1cc(-n3c4ccc(C(C)(C)C)cc4c4cc(C(C)(C)C)ccc43)cc3c1B2c1ccc(-n2c4c([2H])c([2H])c([2H])c([2H])c4c4c([2H])c([2H])c([2H])c([2H])c42)cc1N3c1c(-c2ccccc2)ccc2oc3ccccc3c12. The maximum atomic E-state index is 9.94. The maximum absolute atomic E-state index is 9.94. The Bertz CT molecular complexity index is 7540. The molecule has 2 aliphatic heterocycles. The monoisotopic (exact) mass is 1380 g/mol. The van der Waals surface area contributed by atoms with Crippen molar-refractivity contribution in [1.29, 1.82) is 0 Å². The van der Waals surface area contributed by atoms with E-state index in [1.54, 1.807) is 9.13 Å². The van der Waals surface area contributed by atoms with Crippen LogP contribution in [0.3, 0.4) is 0 Å². The average molecular weight is 1380 g/mol. The van der Waals surface area contributed by atoms with Crippen LogP contribution in [0.1, 0.15) is 74.6 Å². The van der Waals surface area contributed by atoms with Gasteiger partial charge < -0.3 is 32.3 Å². The van der Waals surface area contributed by atoms with Gasteiger partial charge in [-0.25, -0.2) is 0 Å². The molecule has 2 aliphatic rings. The molecular weight excluding hydrogens is 1290 g/mol. The minimum atomic E-state index is -0.849. The third-order valence-electron chi connectivity index (χ3n) is 22.0. The lowest BCUT2D eigenvalue weighted by molar-refractivity contribution is 0.590. The topological polar surface area (TPSA) is 47.6 Å². The van der Waals surface area contributed by atoms with Crippen molar-refractivity contribution < 1.29 is 30.8 Å². The van der Waals surface area contributed by atoms with E-state index in [9.17, 15) is 16.4 Å². The first-order valence-electron chi connectivity index (χ1n) is 43.7. The van der Waals surface area contributed by atoms with Gasteiger partial charge in [-0.05, 0) is 171 Å². The number of furan rings is 2. The minimum Gasteiger partial charge on any atom is -0.456 e. The Morgan fingerprint density at radius 3 is 1.08 bits per heavy atom. The predicted molar refractivity (Wildman–Crippen MR) is 446 cm³/mol. The van der Waals surface area contributed by atoms with Gasteiger partial charge in [0.15, 0.2) is 0 Å². The normalized spacial score (nSPS) is 15.2. The molecule has 7 heterocycles. The highest BCUT2D eigenvalue weighted by Crippen LogP contribution is 2.56. The van der Waals surface area contributed by atoms with Crippen LogP contribution in [0, 0.1) is 0 Å². The summed E-state index contributed by atoms with van der Waals surface area (Å²) in [6.07, 6.45) is 0. The van der Waals surface area contributed by atoms with Crippen LogP contribution in [0.25, 0.3) is 149 Å². The lowest BCUT2D eigenvalue weighted by Gasteiger charge is -2.45. The summed E-state index contributed by atoms with van der Waals surface area (Å²) < 4.78 is 172. The maximum Gasteiger partial charge on any atom is 0.252 e. The van der Waals surface area contributed by atoms with Crippen LogP contribution in [0.2, 0.25) is 0 Å². The van der Waals surface area contributed by atoms with Crippen molar-refractivity contribution in [3.8, 4) is 39.3 Å². The van der Waals surface area contributed by atoms with Crippen LogP contribution in [0.15, 0.2) is 324 Å². The molecule has 0 saturated carbocycles. The molecule has 0 radical (unpaired) electrons.